The molecule has 0 aromatic carbocycles. The van der Waals surface area contributed by atoms with Gasteiger partial charge in [-0.25, -0.2) is 0 Å². The summed E-state index contributed by atoms with van der Waals surface area (Å²) in [4.78, 5) is 18.7. The van der Waals surface area contributed by atoms with Crippen LogP contribution in [0.5, 0.6) is 0 Å². The Bertz CT molecular complexity index is 430. The van der Waals surface area contributed by atoms with Crippen molar-refractivity contribution in [2.45, 2.75) is 51.2 Å². The van der Waals surface area contributed by atoms with Crippen molar-refractivity contribution in [2.75, 3.05) is 7.05 Å². The molecule has 2 heterocycles. The standard InChI is InChI=1S/C15H23N3O/c1-15(2)8-4-5-13(16-3)14(19)18(15)11-12-6-9-17-10-7-12/h6-7,9-10,13,16H,4-5,8,11H2,1-3H3. The van der Waals surface area contributed by atoms with Crippen LogP contribution in [0.1, 0.15) is 38.7 Å². The first-order chi connectivity index (χ1) is 9.04. The quantitative estimate of drug-likeness (QED) is 0.904. The highest BCUT2D eigenvalue weighted by Gasteiger charge is 2.36. The highest BCUT2D eigenvalue weighted by Crippen LogP contribution is 2.29. The van der Waals surface area contributed by atoms with Gasteiger partial charge in [-0.05, 0) is 57.9 Å². The summed E-state index contributed by atoms with van der Waals surface area (Å²) in [5, 5.41) is 3.14. The van der Waals surface area contributed by atoms with Crippen molar-refractivity contribution in [1.29, 1.82) is 0 Å². The van der Waals surface area contributed by atoms with Crippen molar-refractivity contribution in [2.24, 2.45) is 0 Å². The van der Waals surface area contributed by atoms with Crippen LogP contribution in [0.25, 0.3) is 0 Å². The molecular weight excluding hydrogens is 238 g/mol. The minimum absolute atomic E-state index is 0.0522. The second-order valence-corrected chi connectivity index (χ2v) is 5.83. The third kappa shape index (κ3) is 3.13. The molecule has 19 heavy (non-hydrogen) atoms. The zero-order valence-corrected chi connectivity index (χ0v) is 12.0. The molecule has 0 spiro atoms. The monoisotopic (exact) mass is 261 g/mol. The molecule has 1 aromatic rings. The Morgan fingerprint density at radius 3 is 2.74 bits per heavy atom. The fraction of sp³-hybridized carbons (Fsp3) is 0.600. The van der Waals surface area contributed by atoms with Gasteiger partial charge in [-0.15, -0.1) is 0 Å². The molecule has 0 saturated carbocycles. The van der Waals surface area contributed by atoms with Gasteiger partial charge < -0.3 is 10.2 Å². The van der Waals surface area contributed by atoms with Gasteiger partial charge in [0.15, 0.2) is 0 Å². The first-order valence-electron chi connectivity index (χ1n) is 6.92. The lowest BCUT2D eigenvalue weighted by molar-refractivity contribution is -0.138. The highest BCUT2D eigenvalue weighted by molar-refractivity contribution is 5.82. The van der Waals surface area contributed by atoms with Crippen LogP contribution in [-0.2, 0) is 11.3 Å². The van der Waals surface area contributed by atoms with Gasteiger partial charge in [0.2, 0.25) is 5.91 Å². The summed E-state index contributed by atoms with van der Waals surface area (Å²) < 4.78 is 0. The number of hydrogen-bond acceptors (Lipinski definition) is 3. The zero-order chi connectivity index (χ0) is 13.9. The maximum Gasteiger partial charge on any atom is 0.240 e. The molecular formula is C15H23N3O. The third-order valence-electron chi connectivity index (χ3n) is 4.01. The van der Waals surface area contributed by atoms with Crippen molar-refractivity contribution in [1.82, 2.24) is 15.2 Å². The van der Waals surface area contributed by atoms with Crippen molar-refractivity contribution >= 4 is 5.91 Å². The summed E-state index contributed by atoms with van der Waals surface area (Å²) in [6.45, 7) is 4.97. The lowest BCUT2D eigenvalue weighted by Gasteiger charge is -2.38. The Balaban J connectivity index is 2.24. The molecule has 4 nitrogen and oxygen atoms in total. The Hall–Kier alpha value is -1.42. The first kappa shape index (κ1) is 14.0. The SMILES string of the molecule is CNC1CCCC(C)(C)N(Cc2ccncc2)C1=O. The lowest BCUT2D eigenvalue weighted by atomic mass is 9.96. The van der Waals surface area contributed by atoms with Gasteiger partial charge in [0.1, 0.15) is 0 Å². The number of hydrogen-bond donors (Lipinski definition) is 1. The van der Waals surface area contributed by atoms with E-state index in [1.54, 1.807) is 12.4 Å². The minimum Gasteiger partial charge on any atom is -0.332 e. The van der Waals surface area contributed by atoms with Gasteiger partial charge >= 0.3 is 0 Å². The normalized spacial score (nSPS) is 23.2. The summed E-state index contributed by atoms with van der Waals surface area (Å²) in [5.74, 6) is 0.210. The predicted molar refractivity (Wildman–Crippen MR) is 75.6 cm³/mol. The van der Waals surface area contributed by atoms with Gasteiger partial charge in [-0.1, -0.05) is 0 Å². The zero-order valence-electron chi connectivity index (χ0n) is 12.0. The number of pyridine rings is 1. The molecule has 1 amide bonds. The molecule has 4 heteroatoms. The molecule has 1 fully saturated rings. The average molecular weight is 261 g/mol. The van der Waals surface area contributed by atoms with Crippen LogP contribution in [0.4, 0.5) is 0 Å². The molecule has 1 saturated heterocycles. The van der Waals surface area contributed by atoms with E-state index in [0.29, 0.717) is 6.54 Å². The van der Waals surface area contributed by atoms with Crippen molar-refractivity contribution in [3.63, 3.8) is 0 Å². The molecule has 0 bridgehead atoms. The van der Waals surface area contributed by atoms with Crippen LogP contribution >= 0.6 is 0 Å². The van der Waals surface area contributed by atoms with E-state index in [-0.39, 0.29) is 17.5 Å². The van der Waals surface area contributed by atoms with Crippen LogP contribution in [0.3, 0.4) is 0 Å². The smallest absolute Gasteiger partial charge is 0.240 e. The summed E-state index contributed by atoms with van der Waals surface area (Å²) in [7, 11) is 1.87. The Kier molecular flexibility index (Phi) is 4.20. The van der Waals surface area contributed by atoms with Crippen molar-refractivity contribution < 1.29 is 4.79 Å². The second-order valence-electron chi connectivity index (χ2n) is 5.83. The largest absolute Gasteiger partial charge is 0.332 e. The van der Waals surface area contributed by atoms with Crippen LogP contribution in [0.2, 0.25) is 0 Å². The van der Waals surface area contributed by atoms with E-state index in [1.165, 1.54) is 0 Å². The minimum atomic E-state index is -0.0913. The van der Waals surface area contributed by atoms with E-state index in [0.717, 1.165) is 24.8 Å². The molecule has 0 radical (unpaired) electrons. The fourth-order valence-electron chi connectivity index (χ4n) is 2.71. The Morgan fingerprint density at radius 2 is 2.11 bits per heavy atom. The summed E-state index contributed by atoms with van der Waals surface area (Å²) in [6.07, 6.45) is 6.60. The van der Waals surface area contributed by atoms with Crippen molar-refractivity contribution in [3.05, 3.63) is 30.1 Å². The van der Waals surface area contributed by atoms with E-state index in [1.807, 2.05) is 24.1 Å². The van der Waals surface area contributed by atoms with E-state index in [9.17, 15) is 4.79 Å². The number of carbonyl (C=O) groups excluding carboxylic acids is 1. The van der Waals surface area contributed by atoms with Gasteiger partial charge in [-0.2, -0.15) is 0 Å². The molecule has 104 valence electrons. The molecule has 1 aromatic heterocycles. The number of likely N-dealkylation sites (N-methyl/N-ethyl adjacent to an activating group) is 1. The summed E-state index contributed by atoms with van der Waals surface area (Å²) in [6, 6.07) is 3.90. The Labute approximate surface area is 115 Å². The van der Waals surface area contributed by atoms with Crippen LogP contribution in [0, 0.1) is 0 Å². The topological polar surface area (TPSA) is 45.2 Å². The number of amides is 1. The molecule has 1 aliphatic rings. The third-order valence-corrected chi connectivity index (χ3v) is 4.01. The summed E-state index contributed by atoms with van der Waals surface area (Å²) >= 11 is 0. The lowest BCUT2D eigenvalue weighted by Crippen LogP contribution is -2.51. The summed E-state index contributed by atoms with van der Waals surface area (Å²) in [5.41, 5.74) is 1.04. The maximum absolute atomic E-state index is 12.6. The number of rotatable bonds is 3. The predicted octanol–water partition coefficient (Wildman–Crippen LogP) is 1.96. The molecule has 1 aliphatic heterocycles. The van der Waals surface area contributed by atoms with E-state index in [2.05, 4.69) is 24.1 Å². The number of carbonyl (C=O) groups is 1. The molecule has 1 N–H and O–H groups in total. The number of aromatic nitrogens is 1. The van der Waals surface area contributed by atoms with Crippen molar-refractivity contribution in [3.8, 4) is 0 Å². The molecule has 0 aliphatic carbocycles. The number of nitrogens with zero attached hydrogens (tertiary/aromatic N) is 2. The van der Waals surface area contributed by atoms with Crippen LogP contribution < -0.4 is 5.32 Å². The number of likely N-dealkylation sites (tertiary alicyclic amines) is 1. The molecule has 1 atom stereocenters. The number of nitrogens with one attached hydrogen (secondary N) is 1. The second kappa shape index (κ2) is 5.70. The molecule has 2 rings (SSSR count). The van der Waals surface area contributed by atoms with Crippen LogP contribution in [-0.4, -0.2) is 34.4 Å². The van der Waals surface area contributed by atoms with Gasteiger partial charge in [0, 0.05) is 24.5 Å². The van der Waals surface area contributed by atoms with Gasteiger partial charge in [-0.3, -0.25) is 9.78 Å². The van der Waals surface area contributed by atoms with E-state index in [4.69, 9.17) is 0 Å². The maximum atomic E-state index is 12.6. The van der Waals surface area contributed by atoms with Gasteiger partial charge in [0.25, 0.3) is 0 Å². The van der Waals surface area contributed by atoms with Crippen LogP contribution in [0.15, 0.2) is 24.5 Å². The first-order valence-corrected chi connectivity index (χ1v) is 6.92. The van der Waals surface area contributed by atoms with Gasteiger partial charge in [0.05, 0.1) is 6.04 Å². The Morgan fingerprint density at radius 1 is 1.42 bits per heavy atom. The molecule has 1 unspecified atom stereocenters. The van der Waals surface area contributed by atoms with E-state index < -0.39 is 0 Å². The fourth-order valence-corrected chi connectivity index (χ4v) is 2.71. The average Bonchev–Trinajstić information content (AvgIpc) is 2.50. The highest BCUT2D eigenvalue weighted by atomic mass is 16.2. The van der Waals surface area contributed by atoms with E-state index >= 15 is 0 Å².